The number of anilines is 2. The van der Waals surface area contributed by atoms with E-state index in [4.69, 9.17) is 9.72 Å². The Morgan fingerprint density at radius 1 is 1.00 bits per heavy atom. The minimum Gasteiger partial charge on any atom is -0.378 e. The van der Waals surface area contributed by atoms with Crippen molar-refractivity contribution in [2.45, 2.75) is 40.7 Å². The summed E-state index contributed by atoms with van der Waals surface area (Å²) in [6.45, 7) is 13.8. The number of nitrogens with zero attached hydrogens (tertiary/aromatic N) is 5. The second-order valence-electron chi connectivity index (χ2n) is 9.31. The molecule has 2 aromatic carbocycles. The fraction of sp³-hybridized carbons (Fsp3) is 0.500. The number of halogens is 2. The second-order valence-corrected chi connectivity index (χ2v) is 9.31. The van der Waals surface area contributed by atoms with Gasteiger partial charge in [-0.05, 0) is 45.3 Å². The Morgan fingerprint density at radius 2 is 1.62 bits per heavy atom. The monoisotopic (exact) mass is 558 g/mol. The van der Waals surface area contributed by atoms with E-state index in [1.165, 1.54) is 12.1 Å². The fourth-order valence-electron chi connectivity index (χ4n) is 4.17. The van der Waals surface area contributed by atoms with Crippen molar-refractivity contribution in [2.75, 3.05) is 70.8 Å². The third-order valence-electron chi connectivity index (χ3n) is 6.19. The van der Waals surface area contributed by atoms with Crippen LogP contribution in [0.15, 0.2) is 36.5 Å². The third-order valence-corrected chi connectivity index (χ3v) is 6.19. The fourth-order valence-corrected chi connectivity index (χ4v) is 4.17. The Balaban J connectivity index is 0.00000134. The smallest absolute Gasteiger partial charge is 0.253 e. The number of aromatic nitrogens is 2. The summed E-state index contributed by atoms with van der Waals surface area (Å²) < 4.78 is 33.1. The molecule has 0 radical (unpaired) electrons. The first-order chi connectivity index (χ1) is 19.2. The topological polar surface area (TPSA) is 73.8 Å². The van der Waals surface area contributed by atoms with Crippen molar-refractivity contribution in [2.24, 2.45) is 0 Å². The molecule has 0 bridgehead atoms. The molecule has 0 spiro atoms. The summed E-state index contributed by atoms with van der Waals surface area (Å²) in [5.74, 6) is -0.757. The average molecular weight is 559 g/mol. The third kappa shape index (κ3) is 8.82. The number of nitrogens with one attached hydrogen (secondary N) is 1. The highest BCUT2D eigenvalue weighted by Gasteiger charge is 2.21. The molecule has 10 heteroatoms. The predicted molar refractivity (Wildman–Crippen MR) is 159 cm³/mol. The van der Waals surface area contributed by atoms with Crippen molar-refractivity contribution in [3.8, 4) is 0 Å². The van der Waals surface area contributed by atoms with Crippen molar-refractivity contribution in [1.82, 2.24) is 19.8 Å². The maximum atomic E-state index is 13.8. The number of ether oxygens (including phenoxy) is 1. The van der Waals surface area contributed by atoms with E-state index in [-0.39, 0.29) is 5.91 Å². The molecule has 0 aliphatic carbocycles. The van der Waals surface area contributed by atoms with E-state index >= 15 is 0 Å². The number of amides is 1. The van der Waals surface area contributed by atoms with Crippen molar-refractivity contribution in [3.05, 3.63) is 59.3 Å². The first-order valence-electron chi connectivity index (χ1n) is 14.0. The highest BCUT2D eigenvalue weighted by molar-refractivity contribution is 5.98. The summed E-state index contributed by atoms with van der Waals surface area (Å²) in [6.07, 6.45) is 1.71. The van der Waals surface area contributed by atoms with E-state index in [9.17, 15) is 13.6 Å². The molecule has 1 fully saturated rings. The van der Waals surface area contributed by atoms with Gasteiger partial charge in [0.05, 0.1) is 36.5 Å². The molecule has 1 aromatic heterocycles. The largest absolute Gasteiger partial charge is 0.378 e. The van der Waals surface area contributed by atoms with Crippen LogP contribution in [0.5, 0.6) is 0 Å². The van der Waals surface area contributed by atoms with E-state index in [0.29, 0.717) is 60.7 Å². The van der Waals surface area contributed by atoms with Crippen LogP contribution in [0.4, 0.5) is 20.3 Å². The Morgan fingerprint density at radius 3 is 2.23 bits per heavy atom. The number of carbonyl (C=O) groups excluding carboxylic acids is 1. The van der Waals surface area contributed by atoms with Crippen LogP contribution in [-0.4, -0.2) is 86.2 Å². The summed E-state index contributed by atoms with van der Waals surface area (Å²) in [4.78, 5) is 28.6. The van der Waals surface area contributed by atoms with Gasteiger partial charge < -0.3 is 24.8 Å². The van der Waals surface area contributed by atoms with Gasteiger partial charge >= 0.3 is 0 Å². The average Bonchev–Trinajstić information content (AvgIpc) is 2.96. The molecular formula is C30H44F2N6O2. The van der Waals surface area contributed by atoms with Gasteiger partial charge in [0.25, 0.3) is 5.91 Å². The molecule has 8 nitrogen and oxygen atoms in total. The number of morpholine rings is 1. The Kier molecular flexibility index (Phi) is 13.2. The Hall–Kier alpha value is -3.37. The molecule has 2 heterocycles. The number of hydrogen-bond acceptors (Lipinski definition) is 7. The summed E-state index contributed by atoms with van der Waals surface area (Å²) in [5.41, 5.74) is 2.69. The molecule has 1 atom stereocenters. The lowest BCUT2D eigenvalue weighted by Gasteiger charge is -2.28. The molecule has 1 saturated heterocycles. The van der Waals surface area contributed by atoms with E-state index in [1.54, 1.807) is 30.3 Å². The maximum absolute atomic E-state index is 13.8. The quantitative estimate of drug-likeness (QED) is 0.386. The lowest BCUT2D eigenvalue weighted by atomic mass is 10.0. The van der Waals surface area contributed by atoms with Crippen LogP contribution in [0, 0.1) is 11.6 Å². The van der Waals surface area contributed by atoms with Gasteiger partial charge in [-0.3, -0.25) is 9.78 Å². The van der Waals surface area contributed by atoms with Gasteiger partial charge in [0.1, 0.15) is 17.5 Å². The van der Waals surface area contributed by atoms with E-state index in [1.807, 2.05) is 53.6 Å². The number of benzene rings is 2. The van der Waals surface area contributed by atoms with Crippen molar-refractivity contribution < 1.29 is 18.3 Å². The van der Waals surface area contributed by atoms with Crippen molar-refractivity contribution in [3.63, 3.8) is 0 Å². The van der Waals surface area contributed by atoms with Gasteiger partial charge in [0.2, 0.25) is 0 Å². The molecule has 1 amide bonds. The van der Waals surface area contributed by atoms with Gasteiger partial charge in [-0.25, -0.2) is 13.8 Å². The first-order valence-corrected chi connectivity index (χ1v) is 14.0. The number of rotatable bonds is 8. The van der Waals surface area contributed by atoms with Gasteiger partial charge in [0, 0.05) is 56.1 Å². The molecule has 40 heavy (non-hydrogen) atoms. The zero-order valence-electron chi connectivity index (χ0n) is 25.1. The molecule has 220 valence electrons. The Labute approximate surface area is 237 Å². The van der Waals surface area contributed by atoms with Crippen LogP contribution in [0.2, 0.25) is 0 Å². The van der Waals surface area contributed by atoms with Gasteiger partial charge in [-0.1, -0.05) is 27.7 Å². The number of likely N-dealkylation sites (N-methyl/N-ethyl adjacent to an activating group) is 2. The van der Waals surface area contributed by atoms with Crippen LogP contribution in [0.1, 0.15) is 56.6 Å². The zero-order valence-corrected chi connectivity index (χ0v) is 25.1. The molecular weight excluding hydrogens is 514 g/mol. The first kappa shape index (κ1) is 32.8. The van der Waals surface area contributed by atoms with Crippen LogP contribution in [-0.2, 0) is 4.74 Å². The molecule has 0 saturated carbocycles. The van der Waals surface area contributed by atoms with Gasteiger partial charge in [0.15, 0.2) is 0 Å². The summed E-state index contributed by atoms with van der Waals surface area (Å²) in [6, 6.07) is 6.42. The highest BCUT2D eigenvalue weighted by Crippen LogP contribution is 2.29. The number of carbonyl (C=O) groups is 1. The van der Waals surface area contributed by atoms with Gasteiger partial charge in [-0.15, -0.1) is 0 Å². The van der Waals surface area contributed by atoms with Crippen LogP contribution >= 0.6 is 0 Å². The van der Waals surface area contributed by atoms with E-state index in [2.05, 4.69) is 15.2 Å². The highest BCUT2D eigenvalue weighted by atomic mass is 19.1. The minimum atomic E-state index is -0.671. The summed E-state index contributed by atoms with van der Waals surface area (Å²) in [7, 11) is 5.67. The molecule has 1 aliphatic rings. The second kappa shape index (κ2) is 16.0. The van der Waals surface area contributed by atoms with Crippen LogP contribution < -0.4 is 10.2 Å². The van der Waals surface area contributed by atoms with E-state index in [0.717, 1.165) is 18.4 Å². The van der Waals surface area contributed by atoms with Gasteiger partial charge in [-0.2, -0.15) is 0 Å². The lowest BCUT2D eigenvalue weighted by molar-refractivity contribution is 0.0786. The number of hydrogen-bond donors (Lipinski definition) is 1. The minimum absolute atomic E-state index is 0.136. The number of fused-ring (bicyclic) bond motifs is 1. The molecule has 1 N–H and O–H groups in total. The lowest BCUT2D eigenvalue weighted by Crippen LogP contribution is -2.36. The molecule has 3 aromatic rings. The summed E-state index contributed by atoms with van der Waals surface area (Å²) >= 11 is 0. The van der Waals surface area contributed by atoms with E-state index < -0.39 is 17.7 Å². The van der Waals surface area contributed by atoms with Crippen LogP contribution in [0.3, 0.4) is 0 Å². The SMILES string of the molecule is CC.CC.CC(Nc1cc(F)cc(F)c1)c1cc(C(=O)N(C)CCN(C)C)cc2ncc(N3CCOCC3)nc12. The Bertz CT molecular complexity index is 1210. The van der Waals surface area contributed by atoms with Crippen LogP contribution in [0.25, 0.3) is 11.0 Å². The molecule has 1 aliphatic heterocycles. The normalized spacial score (nSPS) is 13.6. The summed E-state index contributed by atoms with van der Waals surface area (Å²) in [5, 5.41) is 3.15. The maximum Gasteiger partial charge on any atom is 0.253 e. The van der Waals surface area contributed by atoms with Crippen molar-refractivity contribution in [1.29, 1.82) is 0 Å². The zero-order chi connectivity index (χ0) is 29.8. The van der Waals surface area contributed by atoms with Crippen molar-refractivity contribution >= 4 is 28.4 Å². The molecule has 4 rings (SSSR count). The standard InChI is InChI=1S/C26H32F2N6O2.2C2H6/c1-17(30-21-14-19(27)13-20(28)15-21)22-11-18(26(35)33(4)6-5-32(2)3)12-23-25(22)31-24(16-29-23)34-7-9-36-10-8-34;2*1-2/h11-17,30H,5-10H2,1-4H3;2*1-2H3. The molecule has 1 unspecified atom stereocenters. The predicted octanol–water partition coefficient (Wildman–Crippen LogP) is 5.60.